The van der Waals surface area contributed by atoms with Crippen LogP contribution in [0, 0.1) is 0 Å². The second kappa shape index (κ2) is 37.3. The van der Waals surface area contributed by atoms with Gasteiger partial charge >= 0.3 is 77.6 Å². The Kier molecular flexibility index (Phi) is 29.9. The molecule has 0 spiro atoms. The molecule has 5 N–H and O–H groups in total. The third-order valence-electron chi connectivity index (χ3n) is 15.9. The Morgan fingerprint density at radius 1 is 0.248 bits per heavy atom. The number of amides is 5. The minimum absolute atomic E-state index is 0.610. The monoisotopic (exact) mass is 1500 g/mol. The zero-order valence-corrected chi connectivity index (χ0v) is 59.6. The third kappa shape index (κ3) is 22.9. The molecule has 42 heteroatoms. The van der Waals surface area contributed by atoms with Crippen LogP contribution in [-0.4, -0.2) is 292 Å². The van der Waals surface area contributed by atoms with Crippen molar-refractivity contribution in [2.75, 3.05) is 32.7 Å². The van der Waals surface area contributed by atoms with Gasteiger partial charge in [0.1, 0.15) is 30.5 Å². The lowest BCUT2D eigenvalue weighted by Crippen LogP contribution is -2.50. The first-order chi connectivity index (χ1) is 49.1. The SMILES string of the molecule is CC(=O)O[C@H]1[C@H](OC(C)=O)[C@@H](C)O[C@@H]1C(=O)NC[C@H]1O[C@H](C(=O)NC[C@H]2O[C@H](C(=O)NC[C@H]3O[C@H](C(=O)NC[C@H]4O[C@H](C(=O)NC[C@H]5O[C@H](C(=O)OC(C)C)[C@@H](OC(C)=O)[C@@H]5OC(C)=O)[C@@H](OC(C)=O)[C@@H]4OC(C)=O)[C@@H](OC(C)=O)[C@@H]3OC(C)=O)[C@@H](OC(C)=O)[C@@H]2OC(C)=O)[C@@H](OC(C)=O)[C@@H]1OC(C)=O. The molecule has 6 aliphatic rings. The number of esters is 13. The van der Waals surface area contributed by atoms with E-state index in [1.54, 1.807) is 0 Å². The van der Waals surface area contributed by atoms with Crippen molar-refractivity contribution in [3.8, 4) is 0 Å². The largest absolute Gasteiger partial charge is 0.461 e. The minimum atomic E-state index is -1.97. The molecule has 24 atom stereocenters. The summed E-state index contributed by atoms with van der Waals surface area (Å²) in [6.07, 6.45) is -40.1. The Morgan fingerprint density at radius 2 is 0.410 bits per heavy atom. The Balaban J connectivity index is 1.18. The molecule has 105 heavy (non-hydrogen) atoms. The van der Waals surface area contributed by atoms with Crippen LogP contribution in [0.3, 0.4) is 0 Å². The van der Waals surface area contributed by atoms with Crippen molar-refractivity contribution in [1.82, 2.24) is 26.6 Å². The van der Waals surface area contributed by atoms with Crippen LogP contribution in [0.2, 0.25) is 0 Å². The second-order valence-corrected chi connectivity index (χ2v) is 24.8. The molecule has 5 amide bonds. The van der Waals surface area contributed by atoms with Crippen LogP contribution in [0.5, 0.6) is 0 Å². The molecular weight excluding hydrogens is 1420 g/mol. The molecule has 0 aromatic rings. The quantitative estimate of drug-likeness (QED) is 0.0344. The molecule has 6 heterocycles. The fourth-order valence-corrected chi connectivity index (χ4v) is 12.3. The highest BCUT2D eigenvalue weighted by molar-refractivity contribution is 5.87. The lowest BCUT2D eigenvalue weighted by atomic mass is 10.0. The Bertz CT molecular complexity index is 3330. The standard InChI is InChI=1S/C63H85N5O37/c1-21(2)87-63(86)57-51(100-34(15)80)45(94-28(9)74)39(105-57)20-68-62(85)56-50(99-33(14)79)44(93-27(8)73)38(104-56)19-67-61(84)55-49(98-32(13)78)43(92-26(7)72)37(103-55)18-66-60(83)54-48(97-31(12)77)42(91-25(6)71)36(102-54)17-65-59(82)53-47(96-30(11)76)41(90-24(5)70)35(101-53)16-64-58(81)52-46(95-29(10)75)40(22(3)88-52)89-23(4)69/h21-22,35-57H,16-20H2,1-15H3,(H,64,81)(H,65,82)(H,66,83)(H,67,84)(H,68,85)/t22-,35-,36-,37-,38-,39-,40-,41-,42-,43-,44-,45-,46+,47+,48+,49+,50+,51+,52+,53+,54+,55+,56+,57+/m1/s1. The van der Waals surface area contributed by atoms with Crippen molar-refractivity contribution in [2.24, 2.45) is 0 Å². The molecule has 0 saturated carbocycles. The summed E-state index contributed by atoms with van der Waals surface area (Å²) in [5.74, 6) is -18.2. The second-order valence-electron chi connectivity index (χ2n) is 24.8. The van der Waals surface area contributed by atoms with Gasteiger partial charge in [-0.3, -0.25) is 81.5 Å². The summed E-state index contributed by atoms with van der Waals surface area (Å²) in [5.41, 5.74) is 0. The van der Waals surface area contributed by atoms with Gasteiger partial charge in [-0.15, -0.1) is 0 Å². The highest BCUT2D eigenvalue weighted by atomic mass is 16.7. The van der Waals surface area contributed by atoms with E-state index >= 15 is 0 Å². The first-order valence-corrected chi connectivity index (χ1v) is 32.7. The van der Waals surface area contributed by atoms with Crippen LogP contribution >= 0.6 is 0 Å². The summed E-state index contributed by atoms with van der Waals surface area (Å²) in [7, 11) is 0. The van der Waals surface area contributed by atoms with Gasteiger partial charge in [0.25, 0.3) is 29.5 Å². The number of carbonyl (C=O) groups is 18. The van der Waals surface area contributed by atoms with E-state index in [2.05, 4.69) is 26.6 Å². The first-order valence-electron chi connectivity index (χ1n) is 32.7. The average Bonchev–Trinajstić information content (AvgIpc) is 1.67. The maximum absolute atomic E-state index is 14.4. The van der Waals surface area contributed by atoms with Crippen LogP contribution in [0.25, 0.3) is 0 Å². The fraction of sp³-hybridized carbons (Fsp3) is 0.714. The molecule has 0 aliphatic carbocycles. The lowest BCUT2D eigenvalue weighted by Gasteiger charge is -2.25. The van der Waals surface area contributed by atoms with E-state index in [9.17, 15) is 86.3 Å². The van der Waals surface area contributed by atoms with Crippen molar-refractivity contribution in [3.63, 3.8) is 0 Å². The van der Waals surface area contributed by atoms with Crippen LogP contribution < -0.4 is 26.6 Å². The Labute approximate surface area is 597 Å². The smallest absolute Gasteiger partial charge is 0.339 e. The fourth-order valence-electron chi connectivity index (χ4n) is 12.3. The lowest BCUT2D eigenvalue weighted by molar-refractivity contribution is -0.172. The molecule has 0 unspecified atom stereocenters. The third-order valence-corrected chi connectivity index (χ3v) is 15.9. The molecular formula is C63H85N5O37. The van der Waals surface area contributed by atoms with Crippen LogP contribution in [0.15, 0.2) is 0 Å². The number of carbonyl (C=O) groups excluding carboxylic acids is 18. The zero-order valence-electron chi connectivity index (χ0n) is 59.6. The van der Waals surface area contributed by atoms with E-state index in [0.29, 0.717) is 0 Å². The number of hydrogen-bond acceptors (Lipinski definition) is 37. The molecule has 6 rings (SSSR count). The molecule has 0 bridgehead atoms. The highest BCUT2D eigenvalue weighted by Crippen LogP contribution is 2.35. The van der Waals surface area contributed by atoms with Crippen molar-refractivity contribution in [2.45, 2.75) is 256 Å². The van der Waals surface area contributed by atoms with E-state index in [1.165, 1.54) is 20.8 Å². The average molecular weight is 1500 g/mol. The summed E-state index contributed by atoms with van der Waals surface area (Å²) in [5, 5.41) is 12.3. The van der Waals surface area contributed by atoms with Crippen molar-refractivity contribution in [1.29, 1.82) is 0 Å². The predicted octanol–water partition coefficient (Wildman–Crippen LogP) is -5.68. The van der Waals surface area contributed by atoms with Gasteiger partial charge < -0.3 is 117 Å². The van der Waals surface area contributed by atoms with Gasteiger partial charge in [0, 0.05) is 116 Å². The molecule has 0 radical (unpaired) electrons. The first kappa shape index (κ1) is 84.2. The summed E-state index contributed by atoms with van der Waals surface area (Å²) in [6.45, 7) is 12.7. The Morgan fingerprint density at radius 3 is 0.610 bits per heavy atom. The molecule has 0 aromatic carbocycles. The zero-order chi connectivity index (χ0) is 78.3. The minimum Gasteiger partial charge on any atom is -0.461 e. The van der Waals surface area contributed by atoms with Gasteiger partial charge in [0.05, 0.1) is 12.2 Å². The Hall–Kier alpha value is -9.78. The topological polar surface area (TPSA) is 543 Å². The number of ether oxygens (including phenoxy) is 19. The number of hydrogen-bond donors (Lipinski definition) is 5. The predicted molar refractivity (Wildman–Crippen MR) is 331 cm³/mol. The van der Waals surface area contributed by atoms with Gasteiger partial charge in [-0.2, -0.15) is 0 Å². The van der Waals surface area contributed by atoms with E-state index in [-0.39, 0.29) is 0 Å². The van der Waals surface area contributed by atoms with Crippen molar-refractivity contribution >= 4 is 107 Å². The summed E-state index contributed by atoms with van der Waals surface area (Å²) < 4.78 is 106. The summed E-state index contributed by atoms with van der Waals surface area (Å²) in [4.78, 5) is 234. The normalized spacial score (nSPS) is 32.1. The summed E-state index contributed by atoms with van der Waals surface area (Å²) in [6, 6.07) is 0. The van der Waals surface area contributed by atoms with E-state index in [1.807, 2.05) is 0 Å². The van der Waals surface area contributed by atoms with Crippen molar-refractivity contribution in [3.05, 3.63) is 0 Å². The van der Waals surface area contributed by atoms with E-state index < -0.39 is 292 Å². The van der Waals surface area contributed by atoms with Gasteiger partial charge in [0.15, 0.2) is 110 Å². The molecule has 6 aliphatic heterocycles. The molecule has 6 fully saturated rings. The van der Waals surface area contributed by atoms with Gasteiger partial charge in [-0.1, -0.05) is 0 Å². The molecule has 584 valence electrons. The maximum Gasteiger partial charge on any atom is 0.339 e. The van der Waals surface area contributed by atoms with E-state index in [0.717, 1.165) is 83.1 Å². The molecule has 0 aromatic heterocycles. The van der Waals surface area contributed by atoms with Gasteiger partial charge in [-0.25, -0.2) is 4.79 Å². The molecule has 42 nitrogen and oxygen atoms in total. The highest BCUT2D eigenvalue weighted by Gasteiger charge is 2.60. The van der Waals surface area contributed by atoms with Crippen LogP contribution in [-0.2, 0) is 176 Å². The number of rotatable bonds is 29. The molecule has 6 saturated heterocycles. The van der Waals surface area contributed by atoms with Gasteiger partial charge in [-0.05, 0) is 20.8 Å². The van der Waals surface area contributed by atoms with E-state index in [4.69, 9.17) is 90.0 Å². The maximum atomic E-state index is 14.4. The summed E-state index contributed by atoms with van der Waals surface area (Å²) >= 11 is 0. The van der Waals surface area contributed by atoms with Crippen LogP contribution in [0.4, 0.5) is 0 Å². The van der Waals surface area contributed by atoms with Gasteiger partial charge in [0.2, 0.25) is 0 Å². The number of nitrogens with one attached hydrogen (secondary N) is 5. The van der Waals surface area contributed by atoms with Crippen LogP contribution in [0.1, 0.15) is 104 Å². The van der Waals surface area contributed by atoms with Crippen molar-refractivity contribution < 1.29 is 176 Å².